The molecule has 1 heterocycles. The molecule has 0 aromatic rings. The zero-order valence-corrected chi connectivity index (χ0v) is 18.3. The Bertz CT molecular complexity index is 363. The van der Waals surface area contributed by atoms with Crippen molar-refractivity contribution in [2.24, 2.45) is 0 Å². The minimum Gasteiger partial charge on any atom is -0.382 e. The maximum absolute atomic E-state index is 6.54. The minimum absolute atomic E-state index is 0.0246. The molecule has 0 radical (unpaired) electrons. The highest BCUT2D eigenvalue weighted by Gasteiger charge is 2.35. The van der Waals surface area contributed by atoms with Gasteiger partial charge in [0, 0.05) is 12.3 Å². The Balaban J connectivity index is 1.52. The normalized spacial score (nSPS) is 27.1. The van der Waals surface area contributed by atoms with E-state index in [0.717, 1.165) is 13.0 Å². The summed E-state index contributed by atoms with van der Waals surface area (Å²) in [5.41, 5.74) is 0.543. The second kappa shape index (κ2) is 10.6. The van der Waals surface area contributed by atoms with E-state index in [4.69, 9.17) is 14.2 Å². The largest absolute Gasteiger partial charge is 0.382 e. The maximum Gasteiger partial charge on any atom is 0.158 e. The summed E-state index contributed by atoms with van der Waals surface area (Å²) < 4.78 is 19.2. The predicted octanol–water partition coefficient (Wildman–Crippen LogP) is 6.22. The average molecular weight is 383 g/mol. The van der Waals surface area contributed by atoms with Crippen LogP contribution in [0.25, 0.3) is 0 Å². The van der Waals surface area contributed by atoms with Crippen molar-refractivity contribution >= 4 is 8.07 Å². The van der Waals surface area contributed by atoms with E-state index in [1.165, 1.54) is 89.5 Å². The van der Waals surface area contributed by atoms with Crippen LogP contribution in [0.5, 0.6) is 0 Å². The van der Waals surface area contributed by atoms with Crippen LogP contribution in [0.1, 0.15) is 89.9 Å². The number of hydrogen-bond acceptors (Lipinski definition) is 3. The molecule has 1 aliphatic heterocycles. The van der Waals surface area contributed by atoms with Crippen LogP contribution in [0, 0.1) is 0 Å². The Kier molecular flexibility index (Phi) is 8.48. The van der Waals surface area contributed by atoms with Gasteiger partial charge < -0.3 is 14.2 Å². The molecule has 3 nitrogen and oxygen atoms in total. The topological polar surface area (TPSA) is 27.7 Å². The van der Waals surface area contributed by atoms with Gasteiger partial charge in [-0.3, -0.25) is 0 Å². The quantitative estimate of drug-likeness (QED) is 0.368. The molecule has 0 amide bonds. The minimum atomic E-state index is -1.38. The summed E-state index contributed by atoms with van der Waals surface area (Å²) >= 11 is 0. The Morgan fingerprint density at radius 1 is 0.769 bits per heavy atom. The average Bonchev–Trinajstić information content (AvgIpc) is 2.68. The van der Waals surface area contributed by atoms with Crippen molar-refractivity contribution in [1.29, 1.82) is 0 Å². The van der Waals surface area contributed by atoms with E-state index in [9.17, 15) is 0 Å². The van der Waals surface area contributed by atoms with Gasteiger partial charge >= 0.3 is 0 Å². The van der Waals surface area contributed by atoms with Crippen molar-refractivity contribution in [3.63, 3.8) is 0 Å². The van der Waals surface area contributed by atoms with Gasteiger partial charge in [-0.25, -0.2) is 0 Å². The van der Waals surface area contributed by atoms with Crippen LogP contribution in [0.2, 0.25) is 19.1 Å². The molecule has 1 atom stereocenters. The molecule has 26 heavy (non-hydrogen) atoms. The molecule has 152 valence electrons. The van der Waals surface area contributed by atoms with Crippen LogP contribution in [0.15, 0.2) is 0 Å². The summed E-state index contributed by atoms with van der Waals surface area (Å²) in [6.45, 7) is 6.00. The van der Waals surface area contributed by atoms with E-state index in [1.807, 2.05) is 0 Å². The SMILES string of the molecule is C[Si](C)(CCC(OC1CCCCC1)OC1CCCCC1)C1CCCCO1. The van der Waals surface area contributed by atoms with Crippen LogP contribution in [0.3, 0.4) is 0 Å². The first kappa shape index (κ1) is 20.8. The van der Waals surface area contributed by atoms with E-state index in [-0.39, 0.29) is 6.29 Å². The number of hydrogen-bond donors (Lipinski definition) is 0. The van der Waals surface area contributed by atoms with Gasteiger partial charge in [-0.15, -0.1) is 0 Å². The monoisotopic (exact) mass is 382 g/mol. The molecule has 0 spiro atoms. The Labute approximate surface area is 162 Å². The molecular weight excluding hydrogens is 340 g/mol. The zero-order valence-electron chi connectivity index (χ0n) is 17.3. The van der Waals surface area contributed by atoms with Crippen LogP contribution in [0.4, 0.5) is 0 Å². The van der Waals surface area contributed by atoms with Crippen LogP contribution >= 0.6 is 0 Å². The molecule has 2 aliphatic carbocycles. The third-order valence-corrected chi connectivity index (χ3v) is 10.6. The van der Waals surface area contributed by atoms with Gasteiger partial charge in [-0.1, -0.05) is 57.7 Å². The van der Waals surface area contributed by atoms with E-state index in [0.29, 0.717) is 17.9 Å². The maximum atomic E-state index is 6.54. The molecular formula is C22H42O3Si. The molecule has 0 N–H and O–H groups in total. The lowest BCUT2D eigenvalue weighted by Gasteiger charge is -2.37. The molecule has 3 fully saturated rings. The molecule has 3 aliphatic rings. The van der Waals surface area contributed by atoms with Gasteiger partial charge in [0.1, 0.15) is 0 Å². The molecule has 3 rings (SSSR count). The summed E-state index contributed by atoms with van der Waals surface area (Å²) in [6.07, 6.45) is 18.9. The lowest BCUT2D eigenvalue weighted by atomic mass is 9.97. The van der Waals surface area contributed by atoms with E-state index < -0.39 is 8.07 Å². The molecule has 0 aromatic heterocycles. The van der Waals surface area contributed by atoms with Gasteiger partial charge in [0.05, 0.1) is 20.3 Å². The van der Waals surface area contributed by atoms with Gasteiger partial charge in [0.2, 0.25) is 0 Å². The fraction of sp³-hybridized carbons (Fsp3) is 1.00. The van der Waals surface area contributed by atoms with Crippen molar-refractivity contribution in [3.05, 3.63) is 0 Å². The predicted molar refractivity (Wildman–Crippen MR) is 110 cm³/mol. The third-order valence-electron chi connectivity index (χ3n) is 6.87. The molecule has 2 saturated carbocycles. The van der Waals surface area contributed by atoms with Gasteiger partial charge in [0.25, 0.3) is 0 Å². The molecule has 1 unspecified atom stereocenters. The van der Waals surface area contributed by atoms with E-state index in [2.05, 4.69) is 13.1 Å². The summed E-state index contributed by atoms with van der Waals surface area (Å²) in [7, 11) is -1.38. The summed E-state index contributed by atoms with van der Waals surface area (Å²) in [5, 5.41) is 0. The molecule has 4 heteroatoms. The second-order valence-electron chi connectivity index (χ2n) is 9.60. The second-order valence-corrected chi connectivity index (χ2v) is 14.7. The highest BCUT2D eigenvalue weighted by atomic mass is 28.3. The lowest BCUT2D eigenvalue weighted by Crippen LogP contribution is -2.46. The zero-order chi connectivity index (χ0) is 18.2. The standard InChI is InChI=1S/C22H42O3Si/c1-26(2,22-15-9-10-17-23-22)18-16-21(24-19-11-5-3-6-12-19)25-20-13-7-4-8-14-20/h19-22H,3-18H2,1-2H3. The van der Waals surface area contributed by atoms with E-state index >= 15 is 0 Å². The van der Waals surface area contributed by atoms with Gasteiger partial charge in [-0.2, -0.15) is 0 Å². The van der Waals surface area contributed by atoms with Gasteiger partial charge in [-0.05, 0) is 51.4 Å². The van der Waals surface area contributed by atoms with Crippen molar-refractivity contribution in [3.8, 4) is 0 Å². The highest BCUT2D eigenvalue weighted by molar-refractivity contribution is 6.78. The first-order valence-corrected chi connectivity index (χ1v) is 14.8. The first-order valence-electron chi connectivity index (χ1n) is 11.6. The Morgan fingerprint density at radius 2 is 1.31 bits per heavy atom. The van der Waals surface area contributed by atoms with Crippen molar-refractivity contribution in [2.75, 3.05) is 6.61 Å². The molecule has 1 saturated heterocycles. The Hall–Kier alpha value is 0.0969. The van der Waals surface area contributed by atoms with E-state index in [1.54, 1.807) is 0 Å². The summed E-state index contributed by atoms with van der Waals surface area (Å²) in [4.78, 5) is 0. The fourth-order valence-electron chi connectivity index (χ4n) is 5.01. The third kappa shape index (κ3) is 6.61. The molecule has 0 bridgehead atoms. The fourth-order valence-corrected chi connectivity index (χ4v) is 7.86. The van der Waals surface area contributed by atoms with Crippen molar-refractivity contribution in [1.82, 2.24) is 0 Å². The van der Waals surface area contributed by atoms with Crippen molar-refractivity contribution < 1.29 is 14.2 Å². The lowest BCUT2D eigenvalue weighted by molar-refractivity contribution is -0.204. The van der Waals surface area contributed by atoms with Crippen molar-refractivity contribution in [2.45, 2.75) is 133 Å². The van der Waals surface area contributed by atoms with Gasteiger partial charge in [0.15, 0.2) is 6.29 Å². The number of rotatable bonds is 8. The van der Waals surface area contributed by atoms with Crippen LogP contribution in [-0.2, 0) is 14.2 Å². The summed E-state index contributed by atoms with van der Waals surface area (Å²) in [6, 6.07) is 1.27. The van der Waals surface area contributed by atoms with Crippen LogP contribution < -0.4 is 0 Å². The molecule has 0 aromatic carbocycles. The Morgan fingerprint density at radius 3 is 1.81 bits per heavy atom. The highest BCUT2D eigenvalue weighted by Crippen LogP contribution is 2.31. The summed E-state index contributed by atoms with van der Waals surface area (Å²) in [5.74, 6) is 0. The smallest absolute Gasteiger partial charge is 0.158 e. The number of ether oxygens (including phenoxy) is 3. The van der Waals surface area contributed by atoms with Crippen LogP contribution in [-0.4, -0.2) is 38.9 Å². The first-order chi connectivity index (χ1) is 12.6.